The van der Waals surface area contributed by atoms with E-state index in [-0.39, 0.29) is 5.91 Å². The lowest BCUT2D eigenvalue weighted by Gasteiger charge is -2.11. The highest BCUT2D eigenvalue weighted by atomic mass is 16.5. The third-order valence-corrected chi connectivity index (χ3v) is 4.14. The van der Waals surface area contributed by atoms with E-state index in [1.54, 1.807) is 38.6 Å². The van der Waals surface area contributed by atoms with Crippen molar-refractivity contribution in [2.24, 2.45) is 11.0 Å². The van der Waals surface area contributed by atoms with Crippen LogP contribution in [0.2, 0.25) is 0 Å². The number of amides is 1. The SMILES string of the molecule is COc1cc(OC)cc(C(=O)N/N=C\c2cc(C)n(CC(C)C)c2C)c1. The topological polar surface area (TPSA) is 64.8 Å². The lowest BCUT2D eigenvalue weighted by molar-refractivity contribution is 0.0954. The number of aromatic nitrogens is 1. The summed E-state index contributed by atoms with van der Waals surface area (Å²) in [4.78, 5) is 12.3. The molecule has 1 heterocycles. The second-order valence-corrected chi connectivity index (χ2v) is 6.63. The van der Waals surface area contributed by atoms with Crippen molar-refractivity contribution in [3.05, 3.63) is 46.8 Å². The Bertz CT molecular complexity index is 785. The van der Waals surface area contributed by atoms with Crippen LogP contribution >= 0.6 is 0 Å². The average molecular weight is 357 g/mol. The molecule has 6 heteroatoms. The van der Waals surface area contributed by atoms with Gasteiger partial charge in [0, 0.05) is 35.1 Å². The largest absolute Gasteiger partial charge is 0.497 e. The molecule has 6 nitrogen and oxygen atoms in total. The molecule has 0 unspecified atom stereocenters. The summed E-state index contributed by atoms with van der Waals surface area (Å²) < 4.78 is 12.6. The van der Waals surface area contributed by atoms with E-state index in [0.717, 1.165) is 17.8 Å². The number of ether oxygens (including phenoxy) is 2. The van der Waals surface area contributed by atoms with Gasteiger partial charge in [-0.2, -0.15) is 5.10 Å². The molecular weight excluding hydrogens is 330 g/mol. The molecule has 1 aromatic heterocycles. The first-order valence-corrected chi connectivity index (χ1v) is 8.59. The third-order valence-electron chi connectivity index (χ3n) is 4.14. The monoisotopic (exact) mass is 357 g/mol. The minimum Gasteiger partial charge on any atom is -0.497 e. The third kappa shape index (κ3) is 4.65. The average Bonchev–Trinajstić information content (AvgIpc) is 2.88. The number of carbonyl (C=O) groups is 1. The summed E-state index contributed by atoms with van der Waals surface area (Å²) in [5.41, 5.74) is 6.29. The van der Waals surface area contributed by atoms with Gasteiger partial charge in [-0.3, -0.25) is 4.79 Å². The van der Waals surface area contributed by atoms with Gasteiger partial charge in [-0.25, -0.2) is 5.43 Å². The standard InChI is InChI=1S/C20H27N3O3/c1-13(2)12-23-14(3)7-17(15(23)4)11-21-22-20(24)16-8-18(25-5)10-19(9-16)26-6/h7-11,13H,12H2,1-6H3,(H,22,24)/b21-11-. The van der Waals surface area contributed by atoms with Gasteiger partial charge in [-0.15, -0.1) is 0 Å². The normalized spacial score (nSPS) is 11.2. The number of hydrogen-bond acceptors (Lipinski definition) is 4. The van der Waals surface area contributed by atoms with Gasteiger partial charge in [0.15, 0.2) is 0 Å². The number of carbonyl (C=O) groups excluding carboxylic acids is 1. The van der Waals surface area contributed by atoms with E-state index in [1.807, 2.05) is 0 Å². The minimum atomic E-state index is -0.325. The highest BCUT2D eigenvalue weighted by Gasteiger charge is 2.11. The van der Waals surface area contributed by atoms with Crippen LogP contribution in [0, 0.1) is 19.8 Å². The molecule has 0 fully saturated rings. The van der Waals surface area contributed by atoms with Crippen molar-refractivity contribution in [2.75, 3.05) is 14.2 Å². The molecule has 0 radical (unpaired) electrons. The molecule has 1 amide bonds. The molecular formula is C20H27N3O3. The van der Waals surface area contributed by atoms with Gasteiger partial charge in [0.25, 0.3) is 5.91 Å². The van der Waals surface area contributed by atoms with Gasteiger partial charge in [-0.1, -0.05) is 13.8 Å². The Morgan fingerprint density at radius 1 is 1.15 bits per heavy atom. The second-order valence-electron chi connectivity index (χ2n) is 6.63. The van der Waals surface area contributed by atoms with Crippen molar-refractivity contribution in [3.8, 4) is 11.5 Å². The van der Waals surface area contributed by atoms with Crippen molar-refractivity contribution in [1.82, 2.24) is 9.99 Å². The molecule has 0 aliphatic carbocycles. The lowest BCUT2D eigenvalue weighted by atomic mass is 10.2. The van der Waals surface area contributed by atoms with E-state index in [4.69, 9.17) is 9.47 Å². The van der Waals surface area contributed by atoms with Gasteiger partial charge in [-0.05, 0) is 38.0 Å². The number of rotatable bonds is 7. The molecule has 0 aliphatic rings. The number of hydrazone groups is 1. The predicted octanol–water partition coefficient (Wildman–Crippen LogP) is 3.54. The Balaban J connectivity index is 2.12. The Kier molecular flexibility index (Phi) is 6.44. The number of nitrogens with one attached hydrogen (secondary N) is 1. The van der Waals surface area contributed by atoms with Crippen LogP contribution < -0.4 is 14.9 Å². The van der Waals surface area contributed by atoms with Crippen LogP contribution in [-0.4, -0.2) is 30.9 Å². The minimum absolute atomic E-state index is 0.325. The van der Waals surface area contributed by atoms with Crippen LogP contribution in [0.15, 0.2) is 29.4 Å². The van der Waals surface area contributed by atoms with Crippen LogP contribution in [0.1, 0.15) is 41.2 Å². The maximum atomic E-state index is 12.3. The first-order chi connectivity index (χ1) is 12.3. The van der Waals surface area contributed by atoms with Crippen molar-refractivity contribution in [3.63, 3.8) is 0 Å². The van der Waals surface area contributed by atoms with Crippen LogP contribution in [0.25, 0.3) is 0 Å². The fraction of sp³-hybridized carbons (Fsp3) is 0.400. The molecule has 0 spiro atoms. The van der Waals surface area contributed by atoms with E-state index in [2.05, 4.69) is 48.9 Å². The van der Waals surface area contributed by atoms with E-state index < -0.39 is 0 Å². The smallest absolute Gasteiger partial charge is 0.271 e. The van der Waals surface area contributed by atoms with Crippen LogP contribution in [0.3, 0.4) is 0 Å². The molecule has 0 atom stereocenters. The van der Waals surface area contributed by atoms with Gasteiger partial charge >= 0.3 is 0 Å². The summed E-state index contributed by atoms with van der Waals surface area (Å²) in [7, 11) is 3.09. The zero-order valence-corrected chi connectivity index (χ0v) is 16.3. The molecule has 26 heavy (non-hydrogen) atoms. The zero-order chi connectivity index (χ0) is 19.3. The van der Waals surface area contributed by atoms with E-state index in [0.29, 0.717) is 23.0 Å². The second kappa shape index (κ2) is 8.56. The van der Waals surface area contributed by atoms with Crippen LogP contribution in [0.4, 0.5) is 0 Å². The number of methoxy groups -OCH3 is 2. The predicted molar refractivity (Wildman–Crippen MR) is 103 cm³/mol. The molecule has 2 aromatic rings. The van der Waals surface area contributed by atoms with Crippen LogP contribution in [-0.2, 0) is 6.54 Å². The van der Waals surface area contributed by atoms with E-state index >= 15 is 0 Å². The maximum Gasteiger partial charge on any atom is 0.271 e. The summed E-state index contributed by atoms with van der Waals surface area (Å²) in [6.07, 6.45) is 1.68. The number of nitrogens with zero attached hydrogens (tertiary/aromatic N) is 2. The lowest BCUT2D eigenvalue weighted by Crippen LogP contribution is -2.17. The molecule has 0 bridgehead atoms. The van der Waals surface area contributed by atoms with Gasteiger partial charge in [0.2, 0.25) is 0 Å². The molecule has 1 N–H and O–H groups in total. The van der Waals surface area contributed by atoms with E-state index in [1.165, 1.54) is 5.69 Å². The van der Waals surface area contributed by atoms with Crippen molar-refractivity contribution >= 4 is 12.1 Å². The Morgan fingerprint density at radius 2 is 1.77 bits per heavy atom. The first kappa shape index (κ1) is 19.6. The molecule has 0 aliphatic heterocycles. The molecule has 140 valence electrons. The molecule has 0 saturated carbocycles. The fourth-order valence-corrected chi connectivity index (χ4v) is 2.77. The summed E-state index contributed by atoms with van der Waals surface area (Å²) in [6.45, 7) is 9.48. The molecule has 1 aromatic carbocycles. The Labute approximate surface area is 154 Å². The number of aryl methyl sites for hydroxylation is 1. The maximum absolute atomic E-state index is 12.3. The quantitative estimate of drug-likeness (QED) is 0.609. The first-order valence-electron chi connectivity index (χ1n) is 8.59. The molecule has 2 rings (SSSR count). The van der Waals surface area contributed by atoms with Gasteiger partial charge in [0.1, 0.15) is 11.5 Å². The van der Waals surface area contributed by atoms with E-state index in [9.17, 15) is 4.79 Å². The highest BCUT2D eigenvalue weighted by Crippen LogP contribution is 2.22. The summed E-state index contributed by atoms with van der Waals surface area (Å²) in [5, 5.41) is 4.10. The van der Waals surface area contributed by atoms with Crippen molar-refractivity contribution < 1.29 is 14.3 Å². The summed E-state index contributed by atoms with van der Waals surface area (Å²) in [6, 6.07) is 7.06. The summed E-state index contributed by atoms with van der Waals surface area (Å²) >= 11 is 0. The Hall–Kier alpha value is -2.76. The van der Waals surface area contributed by atoms with Crippen LogP contribution in [0.5, 0.6) is 11.5 Å². The Morgan fingerprint density at radius 3 is 2.31 bits per heavy atom. The number of benzene rings is 1. The fourth-order valence-electron chi connectivity index (χ4n) is 2.77. The van der Waals surface area contributed by atoms with Crippen molar-refractivity contribution in [1.29, 1.82) is 0 Å². The van der Waals surface area contributed by atoms with Gasteiger partial charge in [0.05, 0.1) is 20.4 Å². The zero-order valence-electron chi connectivity index (χ0n) is 16.3. The number of hydrogen-bond donors (Lipinski definition) is 1. The summed E-state index contributed by atoms with van der Waals surface area (Å²) in [5.74, 6) is 1.34. The highest BCUT2D eigenvalue weighted by molar-refractivity contribution is 5.95. The van der Waals surface area contributed by atoms with Gasteiger partial charge < -0.3 is 14.0 Å². The molecule has 0 saturated heterocycles. The van der Waals surface area contributed by atoms with Crippen molar-refractivity contribution in [2.45, 2.75) is 34.2 Å².